The number of aromatic nitrogens is 1. The summed E-state index contributed by atoms with van der Waals surface area (Å²) in [7, 11) is -4.18. The fourth-order valence-electron chi connectivity index (χ4n) is 4.86. The molecule has 1 aliphatic carbocycles. The molecule has 0 spiro atoms. The van der Waals surface area contributed by atoms with Crippen LogP contribution in [0.4, 0.5) is 24.5 Å². The van der Waals surface area contributed by atoms with Crippen LogP contribution in [0.25, 0.3) is 11.6 Å². The van der Waals surface area contributed by atoms with E-state index in [1.165, 1.54) is 18.2 Å². The molecule has 4 N–H and O–H groups in total. The van der Waals surface area contributed by atoms with Crippen LogP contribution in [0.3, 0.4) is 0 Å². The Balaban J connectivity index is 1.44. The highest BCUT2D eigenvalue weighted by Gasteiger charge is 2.31. The number of carbonyl (C=O) groups excluding carboxylic acids is 1. The van der Waals surface area contributed by atoms with Crippen molar-refractivity contribution in [3.63, 3.8) is 0 Å². The molecule has 1 amide bonds. The van der Waals surface area contributed by atoms with Crippen LogP contribution in [-0.2, 0) is 32.2 Å². The first-order valence-electron chi connectivity index (χ1n) is 11.7. The lowest BCUT2D eigenvalue weighted by molar-refractivity contribution is -0.138. The lowest BCUT2D eigenvalue weighted by Gasteiger charge is -2.20. The van der Waals surface area contributed by atoms with E-state index in [2.05, 4.69) is 15.0 Å². The number of sulfonamides is 1. The van der Waals surface area contributed by atoms with Crippen molar-refractivity contribution in [3.8, 4) is 0 Å². The van der Waals surface area contributed by atoms with Crippen molar-refractivity contribution in [3.05, 3.63) is 76.6 Å². The van der Waals surface area contributed by atoms with Gasteiger partial charge in [-0.3, -0.25) is 14.3 Å². The van der Waals surface area contributed by atoms with Crippen molar-refractivity contribution in [1.29, 1.82) is 0 Å². The topological polar surface area (TPSA) is 128 Å². The predicted molar refractivity (Wildman–Crippen MR) is 134 cm³/mol. The molecular weight excluding hydrogens is 523 g/mol. The number of carboxylic acids is 1. The number of carbonyl (C=O) groups is 2. The maximum absolute atomic E-state index is 13.0. The lowest BCUT2D eigenvalue weighted by atomic mass is 9.85. The van der Waals surface area contributed by atoms with Crippen molar-refractivity contribution in [2.75, 3.05) is 10.0 Å². The zero-order valence-electron chi connectivity index (χ0n) is 19.7. The van der Waals surface area contributed by atoms with E-state index in [1.54, 1.807) is 6.08 Å². The highest BCUT2D eigenvalue weighted by atomic mass is 32.2. The van der Waals surface area contributed by atoms with Gasteiger partial charge in [0.1, 0.15) is 0 Å². The van der Waals surface area contributed by atoms with Gasteiger partial charge in [-0.1, -0.05) is 0 Å². The number of H-pyrrole nitrogens is 1. The molecule has 3 aromatic rings. The molecule has 0 bridgehead atoms. The first-order valence-corrected chi connectivity index (χ1v) is 13.2. The Labute approximate surface area is 215 Å². The smallest absolute Gasteiger partial charge is 0.416 e. The van der Waals surface area contributed by atoms with E-state index in [4.69, 9.17) is 0 Å². The summed E-state index contributed by atoms with van der Waals surface area (Å²) in [4.78, 5) is 27.0. The Hall–Kier alpha value is -4.06. The number of fused-ring (bicyclic) bond motifs is 2. The molecule has 0 saturated heterocycles. The zero-order valence-corrected chi connectivity index (χ0v) is 20.5. The van der Waals surface area contributed by atoms with Crippen LogP contribution in [-0.4, -0.2) is 30.4 Å². The van der Waals surface area contributed by atoms with Crippen molar-refractivity contribution in [1.82, 2.24) is 4.98 Å². The van der Waals surface area contributed by atoms with Crippen LogP contribution in [0, 0.1) is 0 Å². The molecule has 0 radical (unpaired) electrons. The lowest BCUT2D eigenvalue weighted by Crippen LogP contribution is -2.13. The van der Waals surface area contributed by atoms with Crippen LogP contribution in [0.2, 0.25) is 0 Å². The van der Waals surface area contributed by atoms with Gasteiger partial charge < -0.3 is 15.4 Å². The van der Waals surface area contributed by atoms with Gasteiger partial charge in [-0.15, -0.1) is 0 Å². The molecule has 0 saturated carbocycles. The minimum Gasteiger partial charge on any atom is -0.481 e. The molecule has 0 fully saturated rings. The second-order valence-electron chi connectivity index (χ2n) is 9.25. The van der Waals surface area contributed by atoms with Crippen molar-refractivity contribution >= 4 is 44.9 Å². The van der Waals surface area contributed by atoms with Gasteiger partial charge in [0.2, 0.25) is 0 Å². The Kier molecular flexibility index (Phi) is 6.30. The summed E-state index contributed by atoms with van der Waals surface area (Å²) in [5.41, 5.74) is 2.45. The number of alkyl halides is 3. The summed E-state index contributed by atoms with van der Waals surface area (Å²) in [6, 6.07) is 9.48. The number of nitrogens with one attached hydrogen (secondary N) is 3. The summed E-state index contributed by atoms with van der Waals surface area (Å²) >= 11 is 0. The molecule has 5 rings (SSSR count). The number of rotatable bonds is 6. The van der Waals surface area contributed by atoms with Gasteiger partial charge in [-0.25, -0.2) is 8.42 Å². The highest BCUT2D eigenvalue weighted by molar-refractivity contribution is 7.92. The average Bonchev–Trinajstić information content (AvgIpc) is 3.39. The SMILES string of the molecule is O=C(O)CC1CCCc2[nH]c(C=C3C(=O)Nc4ccc(S(=O)(=O)Nc5ccc(C(F)(F)F)cc5)cc43)cc21. The Bertz CT molecular complexity index is 1570. The number of hydrogen-bond acceptors (Lipinski definition) is 4. The number of carboxylic acid groups (broad SMARTS) is 1. The second kappa shape index (κ2) is 9.35. The highest BCUT2D eigenvalue weighted by Crippen LogP contribution is 2.38. The van der Waals surface area contributed by atoms with Crippen LogP contribution in [0.15, 0.2) is 53.4 Å². The molecule has 1 aromatic heterocycles. The zero-order chi connectivity index (χ0) is 27.2. The number of aromatic amines is 1. The summed E-state index contributed by atoms with van der Waals surface area (Å²) in [6.45, 7) is 0. The van der Waals surface area contributed by atoms with Crippen molar-refractivity contribution in [2.24, 2.45) is 0 Å². The molecular formula is C26H22F3N3O5S. The normalized spacial score (nSPS) is 18.1. The van der Waals surface area contributed by atoms with Crippen LogP contribution >= 0.6 is 0 Å². The number of anilines is 2. The molecule has 38 heavy (non-hydrogen) atoms. The summed E-state index contributed by atoms with van der Waals surface area (Å²) in [6.07, 6.45) is -0.583. The third kappa shape index (κ3) is 5.03. The monoisotopic (exact) mass is 545 g/mol. The number of aliphatic carboxylic acids is 1. The van der Waals surface area contributed by atoms with E-state index in [1.807, 2.05) is 6.07 Å². The minimum absolute atomic E-state index is 0.0112. The Morgan fingerprint density at radius 3 is 2.55 bits per heavy atom. The Morgan fingerprint density at radius 1 is 1.13 bits per heavy atom. The fourth-order valence-corrected chi connectivity index (χ4v) is 5.95. The van der Waals surface area contributed by atoms with Crippen LogP contribution in [0.1, 0.15) is 53.3 Å². The maximum atomic E-state index is 13.0. The predicted octanol–water partition coefficient (Wildman–Crippen LogP) is 5.22. The molecule has 2 aromatic carbocycles. The van der Waals surface area contributed by atoms with Gasteiger partial charge in [0.15, 0.2) is 0 Å². The Morgan fingerprint density at radius 2 is 1.87 bits per heavy atom. The van der Waals surface area contributed by atoms with Crippen molar-refractivity contribution in [2.45, 2.75) is 42.7 Å². The standard InChI is InChI=1S/C26H22F3N3O5S/c27-26(28,29)15-4-6-16(7-5-15)32-38(36,37)18-8-9-23-20(13-18)21(25(35)31-23)12-17-11-19-14(10-24(33)34)2-1-3-22(19)30-17/h4-9,11-14,30,32H,1-3,10H2,(H,31,35)(H,33,34). The molecule has 198 valence electrons. The average molecular weight is 546 g/mol. The second-order valence-corrected chi connectivity index (χ2v) is 10.9. The summed E-state index contributed by atoms with van der Waals surface area (Å²) < 4.78 is 66.6. The summed E-state index contributed by atoms with van der Waals surface area (Å²) in [5, 5.41) is 11.9. The summed E-state index contributed by atoms with van der Waals surface area (Å²) in [5.74, 6) is -1.44. The van der Waals surface area contributed by atoms with E-state index in [-0.39, 0.29) is 28.5 Å². The molecule has 1 aliphatic heterocycles. The largest absolute Gasteiger partial charge is 0.481 e. The number of hydrogen-bond donors (Lipinski definition) is 4. The van der Waals surface area contributed by atoms with E-state index < -0.39 is 33.6 Å². The maximum Gasteiger partial charge on any atom is 0.416 e. The molecule has 8 nitrogen and oxygen atoms in total. The molecule has 12 heteroatoms. The number of halogens is 3. The number of benzene rings is 2. The third-order valence-electron chi connectivity index (χ3n) is 6.64. The molecule has 2 heterocycles. The van der Waals surface area contributed by atoms with E-state index in [0.717, 1.165) is 54.8 Å². The van der Waals surface area contributed by atoms with Gasteiger partial charge >= 0.3 is 12.1 Å². The molecule has 1 atom stereocenters. The van der Waals surface area contributed by atoms with E-state index >= 15 is 0 Å². The minimum atomic E-state index is -4.55. The number of amides is 1. The van der Waals surface area contributed by atoms with Gasteiger partial charge in [0.05, 0.1) is 22.5 Å². The quantitative estimate of drug-likeness (QED) is 0.316. The number of aryl methyl sites for hydroxylation is 1. The molecule has 2 aliphatic rings. The van der Waals surface area contributed by atoms with Crippen molar-refractivity contribution < 1.29 is 36.3 Å². The molecule has 1 unspecified atom stereocenters. The first-order chi connectivity index (χ1) is 17.9. The van der Waals surface area contributed by atoms with Crippen LogP contribution < -0.4 is 10.0 Å². The van der Waals surface area contributed by atoms with E-state index in [0.29, 0.717) is 16.9 Å². The van der Waals surface area contributed by atoms with E-state index in [9.17, 15) is 36.3 Å². The fraction of sp³-hybridized carbons (Fsp3) is 0.231. The van der Waals surface area contributed by atoms with Gasteiger partial charge in [-0.05, 0) is 85.4 Å². The van der Waals surface area contributed by atoms with Crippen LogP contribution in [0.5, 0.6) is 0 Å². The van der Waals surface area contributed by atoms with Gasteiger partial charge in [0.25, 0.3) is 15.9 Å². The first kappa shape index (κ1) is 25.6. The van der Waals surface area contributed by atoms with Gasteiger partial charge in [-0.2, -0.15) is 13.2 Å². The third-order valence-corrected chi connectivity index (χ3v) is 8.02. The van der Waals surface area contributed by atoms with Gasteiger partial charge in [0, 0.05) is 28.3 Å².